The maximum Gasteiger partial charge on any atom is 0.166 e. The highest BCUT2D eigenvalue weighted by Gasteiger charge is 2.03. The van der Waals surface area contributed by atoms with E-state index < -0.39 is 0 Å². The van der Waals surface area contributed by atoms with Crippen LogP contribution in [0, 0.1) is 0 Å². The third-order valence-corrected chi connectivity index (χ3v) is 3.12. The van der Waals surface area contributed by atoms with E-state index in [0.29, 0.717) is 0 Å². The summed E-state index contributed by atoms with van der Waals surface area (Å²) in [4.78, 5) is 11.8. The molecule has 0 saturated heterocycles. The van der Waals surface area contributed by atoms with Gasteiger partial charge in [-0.05, 0) is 18.2 Å². The largest absolute Gasteiger partial charge is 0.333 e. The van der Waals surface area contributed by atoms with Crippen molar-refractivity contribution in [2.24, 2.45) is 4.99 Å². The molecule has 0 aliphatic heterocycles. The van der Waals surface area contributed by atoms with Crippen LogP contribution in [-0.2, 0) is 0 Å². The Labute approximate surface area is 132 Å². The number of nitrogens with one attached hydrogen (secondary N) is 1. The molecule has 0 radical (unpaired) electrons. The predicted molar refractivity (Wildman–Crippen MR) is 97.3 cm³/mol. The van der Waals surface area contributed by atoms with Crippen LogP contribution in [0.2, 0.25) is 0 Å². The van der Waals surface area contributed by atoms with Gasteiger partial charge < -0.3 is 4.98 Å². The van der Waals surface area contributed by atoms with Gasteiger partial charge >= 0.3 is 0 Å². The molecule has 0 fully saturated rings. The van der Waals surface area contributed by atoms with Crippen LogP contribution in [-0.4, -0.2) is 21.4 Å². The maximum absolute atomic E-state index is 4.47. The second-order valence-corrected chi connectivity index (χ2v) is 4.32. The third kappa shape index (κ3) is 6.45. The summed E-state index contributed by atoms with van der Waals surface area (Å²) in [6.45, 7) is 15.3. The molecule has 21 heavy (non-hydrogen) atoms. The van der Waals surface area contributed by atoms with Gasteiger partial charge in [-0.2, -0.15) is 0 Å². The molecule has 0 aliphatic carbocycles. The minimum Gasteiger partial charge on any atom is -0.333 e. The van der Waals surface area contributed by atoms with Gasteiger partial charge in [-0.25, -0.2) is 4.98 Å². The number of para-hydroxylation sites is 2. The first-order valence-corrected chi connectivity index (χ1v) is 8.19. The van der Waals surface area contributed by atoms with Gasteiger partial charge in [0.05, 0.1) is 16.7 Å². The van der Waals surface area contributed by atoms with Crippen molar-refractivity contribution in [3.05, 3.63) is 49.7 Å². The molecule has 1 aromatic heterocycles. The summed E-state index contributed by atoms with van der Waals surface area (Å²) in [5, 5.41) is 0.893. The molecule has 0 unspecified atom stereocenters. The zero-order valence-corrected chi connectivity index (χ0v) is 14.2. The summed E-state index contributed by atoms with van der Waals surface area (Å²) in [6.07, 6.45) is 3.26. The average Bonchev–Trinajstić information content (AvgIpc) is 2.98. The number of hydrogen-bond donors (Lipinski definition) is 1. The molecule has 2 rings (SSSR count). The summed E-state index contributed by atoms with van der Waals surface area (Å²) in [5.74, 6) is 0.731. The standard InChI is InChI=1S/C13H13N3S.2C2H6/c1-3-10(14-4-2)9-17-13-15-11-7-5-6-8-12(11)16-13;2*1-2/h3-8H,1-2,9H2,(H,15,16);2*1-2H3. The van der Waals surface area contributed by atoms with Crippen LogP contribution < -0.4 is 0 Å². The summed E-state index contributed by atoms with van der Waals surface area (Å²) in [6, 6.07) is 7.97. The predicted octanol–water partition coefficient (Wildman–Crippen LogP) is 5.48. The second kappa shape index (κ2) is 12.0. The quantitative estimate of drug-likeness (QED) is 0.587. The van der Waals surface area contributed by atoms with Crippen molar-refractivity contribution in [2.75, 3.05) is 5.75 Å². The number of imidazole rings is 1. The number of thioether (sulfide) groups is 1. The van der Waals surface area contributed by atoms with Gasteiger partial charge in [0.15, 0.2) is 5.16 Å². The Morgan fingerprint density at radius 1 is 1.24 bits per heavy atom. The molecule has 0 bridgehead atoms. The minimum atomic E-state index is 0.731. The highest BCUT2D eigenvalue weighted by molar-refractivity contribution is 7.99. The zero-order chi connectivity index (χ0) is 16.1. The molecule has 114 valence electrons. The molecule has 0 atom stereocenters. The molecule has 4 heteroatoms. The van der Waals surface area contributed by atoms with E-state index in [1.807, 2.05) is 52.0 Å². The molecular weight excluding hydrogens is 278 g/mol. The summed E-state index contributed by atoms with van der Waals surface area (Å²) in [7, 11) is 0. The molecule has 3 nitrogen and oxygen atoms in total. The van der Waals surface area contributed by atoms with Crippen LogP contribution in [0.5, 0.6) is 0 Å². The number of H-pyrrole nitrogens is 1. The van der Waals surface area contributed by atoms with E-state index in [1.165, 1.54) is 6.20 Å². The molecule has 0 saturated carbocycles. The molecule has 1 heterocycles. The second-order valence-electron chi connectivity index (χ2n) is 3.35. The van der Waals surface area contributed by atoms with Gasteiger partial charge in [-0.3, -0.25) is 4.99 Å². The van der Waals surface area contributed by atoms with Crippen molar-refractivity contribution >= 4 is 28.5 Å². The lowest BCUT2D eigenvalue weighted by Crippen LogP contribution is -1.96. The molecule has 0 spiro atoms. The lowest BCUT2D eigenvalue weighted by Gasteiger charge is -1.96. The number of aromatic nitrogens is 2. The van der Waals surface area contributed by atoms with Crippen LogP contribution in [0.1, 0.15) is 27.7 Å². The monoisotopic (exact) mass is 303 g/mol. The normalized spacial score (nSPS) is 10.0. The molecule has 0 aliphatic rings. The minimum absolute atomic E-state index is 0.731. The Morgan fingerprint density at radius 2 is 1.90 bits per heavy atom. The van der Waals surface area contributed by atoms with Crippen molar-refractivity contribution in [1.29, 1.82) is 0 Å². The van der Waals surface area contributed by atoms with Crippen molar-refractivity contribution in [1.82, 2.24) is 9.97 Å². The van der Waals surface area contributed by atoms with E-state index >= 15 is 0 Å². The summed E-state index contributed by atoms with van der Waals surface area (Å²) in [5.41, 5.74) is 2.93. The van der Waals surface area contributed by atoms with Gasteiger partial charge in [0.1, 0.15) is 0 Å². The lowest BCUT2D eigenvalue weighted by atomic mass is 10.3. The maximum atomic E-state index is 4.47. The SMILES string of the molecule is C=CN=C(C=C)CSc1nc2ccccc2[nH]1.CC.CC. The number of allylic oxidation sites excluding steroid dienone is 1. The first-order valence-electron chi connectivity index (χ1n) is 7.21. The Morgan fingerprint density at radius 3 is 2.48 bits per heavy atom. The summed E-state index contributed by atoms with van der Waals surface area (Å²) >= 11 is 1.60. The Kier molecular flexibility index (Phi) is 10.9. The number of nitrogens with zero attached hydrogens (tertiary/aromatic N) is 2. The van der Waals surface area contributed by atoms with Gasteiger partial charge in [-0.15, -0.1) is 0 Å². The van der Waals surface area contributed by atoms with Crippen LogP contribution in [0.15, 0.2) is 59.8 Å². The first kappa shape index (κ1) is 19.2. The van der Waals surface area contributed by atoms with Crippen LogP contribution in [0.25, 0.3) is 11.0 Å². The van der Waals surface area contributed by atoms with Gasteiger partial charge in [0.2, 0.25) is 0 Å². The third-order valence-electron chi connectivity index (χ3n) is 2.22. The average molecular weight is 303 g/mol. The zero-order valence-electron chi connectivity index (χ0n) is 13.4. The Balaban J connectivity index is 0.000000921. The number of hydrogen-bond acceptors (Lipinski definition) is 3. The number of aliphatic imine (C=N–C) groups is 1. The highest BCUT2D eigenvalue weighted by Crippen LogP contribution is 2.19. The number of aromatic amines is 1. The van der Waals surface area contributed by atoms with E-state index in [-0.39, 0.29) is 0 Å². The Bertz CT molecular complexity index is 537. The van der Waals surface area contributed by atoms with Crippen LogP contribution in [0.3, 0.4) is 0 Å². The molecule has 1 aromatic carbocycles. The number of fused-ring (bicyclic) bond motifs is 1. The molecule has 0 amide bonds. The van der Waals surface area contributed by atoms with Gasteiger partial charge in [0.25, 0.3) is 0 Å². The van der Waals surface area contributed by atoms with Crippen LogP contribution in [0.4, 0.5) is 0 Å². The molecular formula is C17H25N3S. The van der Waals surface area contributed by atoms with E-state index in [9.17, 15) is 0 Å². The van der Waals surface area contributed by atoms with E-state index in [1.54, 1.807) is 17.8 Å². The van der Waals surface area contributed by atoms with Crippen molar-refractivity contribution < 1.29 is 0 Å². The molecule has 2 aromatic rings. The fourth-order valence-corrected chi connectivity index (χ4v) is 2.23. The van der Waals surface area contributed by atoms with E-state index in [4.69, 9.17) is 0 Å². The number of benzene rings is 1. The number of rotatable bonds is 5. The van der Waals surface area contributed by atoms with Crippen molar-refractivity contribution in [2.45, 2.75) is 32.9 Å². The first-order chi connectivity index (χ1) is 10.3. The fraction of sp³-hybridized carbons (Fsp3) is 0.294. The lowest BCUT2D eigenvalue weighted by molar-refractivity contribution is 1.08. The van der Waals surface area contributed by atoms with E-state index in [0.717, 1.165) is 27.7 Å². The van der Waals surface area contributed by atoms with E-state index in [2.05, 4.69) is 28.1 Å². The smallest absolute Gasteiger partial charge is 0.166 e. The summed E-state index contributed by atoms with van der Waals surface area (Å²) < 4.78 is 0. The Hall–Kier alpha value is -1.81. The fourth-order valence-electron chi connectivity index (χ4n) is 1.41. The van der Waals surface area contributed by atoms with Crippen molar-refractivity contribution in [3.63, 3.8) is 0 Å². The molecule has 1 N–H and O–H groups in total. The van der Waals surface area contributed by atoms with Crippen molar-refractivity contribution in [3.8, 4) is 0 Å². The van der Waals surface area contributed by atoms with Gasteiger partial charge in [-0.1, -0.05) is 64.7 Å². The van der Waals surface area contributed by atoms with Gasteiger partial charge in [0, 0.05) is 12.0 Å². The highest BCUT2D eigenvalue weighted by atomic mass is 32.2. The topological polar surface area (TPSA) is 41.0 Å². The van der Waals surface area contributed by atoms with Crippen LogP contribution >= 0.6 is 11.8 Å².